The summed E-state index contributed by atoms with van der Waals surface area (Å²) in [5.41, 5.74) is 11.8. The lowest BCUT2D eigenvalue weighted by atomic mass is 9.92. The highest BCUT2D eigenvalue weighted by Crippen LogP contribution is 2.48. The fourth-order valence-electron chi connectivity index (χ4n) is 8.13. The zero-order valence-electron chi connectivity index (χ0n) is 26.5. The third-order valence-electron chi connectivity index (χ3n) is 10.3. The van der Waals surface area contributed by atoms with Crippen molar-refractivity contribution in [2.45, 2.75) is 0 Å². The van der Waals surface area contributed by atoms with Crippen LogP contribution >= 0.6 is 0 Å². The molecule has 0 saturated heterocycles. The van der Waals surface area contributed by atoms with Gasteiger partial charge < -0.3 is 13.9 Å². The van der Waals surface area contributed by atoms with Gasteiger partial charge in [0.25, 0.3) is 0 Å². The van der Waals surface area contributed by atoms with Crippen molar-refractivity contribution in [3.8, 4) is 45.1 Å². The van der Waals surface area contributed by atoms with Gasteiger partial charge in [-0.3, -0.25) is 0 Å². The van der Waals surface area contributed by atoms with Gasteiger partial charge >= 0.3 is 0 Å². The van der Waals surface area contributed by atoms with Crippen molar-refractivity contribution < 1.29 is 4.74 Å². The van der Waals surface area contributed by atoms with Crippen molar-refractivity contribution in [2.24, 2.45) is 0 Å². The SMILES string of the molecule is c1cc2c3c(cccc3c1)-c1cc(-c3ccc4c(c3)c3ccccc3n4-c3ccc(-n4c5ccccc5c5ccccc54)cc3)ccc1O2. The highest BCUT2D eigenvalue weighted by molar-refractivity contribution is 6.11. The molecule has 1 aliphatic heterocycles. The van der Waals surface area contributed by atoms with Crippen molar-refractivity contribution in [1.82, 2.24) is 9.13 Å². The van der Waals surface area contributed by atoms with Crippen LogP contribution < -0.4 is 4.74 Å². The molecule has 49 heavy (non-hydrogen) atoms. The van der Waals surface area contributed by atoms with Crippen LogP contribution in [0.25, 0.3) is 88.0 Å². The van der Waals surface area contributed by atoms with Gasteiger partial charge in [0, 0.05) is 43.9 Å². The fraction of sp³-hybridized carbons (Fsp3) is 0. The molecule has 2 aromatic heterocycles. The second kappa shape index (κ2) is 9.96. The summed E-state index contributed by atoms with van der Waals surface area (Å²) in [6, 6.07) is 61.3. The maximum atomic E-state index is 6.39. The monoisotopic (exact) mass is 624 g/mol. The first-order chi connectivity index (χ1) is 24.3. The molecule has 0 N–H and O–H groups in total. The zero-order valence-corrected chi connectivity index (χ0v) is 26.5. The van der Waals surface area contributed by atoms with Gasteiger partial charge in [-0.05, 0) is 94.9 Å². The predicted molar refractivity (Wildman–Crippen MR) is 204 cm³/mol. The number of fused-ring (bicyclic) bond motifs is 8. The summed E-state index contributed by atoms with van der Waals surface area (Å²) in [7, 11) is 0. The summed E-state index contributed by atoms with van der Waals surface area (Å²) in [5, 5.41) is 7.40. The van der Waals surface area contributed by atoms with E-state index in [1.165, 1.54) is 71.1 Å². The second-order valence-corrected chi connectivity index (χ2v) is 12.9. The number of nitrogens with zero attached hydrogens (tertiary/aromatic N) is 2. The van der Waals surface area contributed by atoms with Crippen molar-refractivity contribution in [2.75, 3.05) is 0 Å². The standard InChI is InChI=1S/C46H28N2O/c1-4-15-40-34(11-1)35-12-2-5-16-41(35)47(40)32-21-23-33(24-22-32)48-42-17-6-3-13-36(42)38-27-30(19-25-43(38)48)31-20-26-44-39(28-31)37-14-7-9-29-10-8-18-45(49-44)46(29)37/h1-28H. The molecular formula is C46H28N2O. The van der Waals surface area contributed by atoms with Gasteiger partial charge in [0.1, 0.15) is 11.5 Å². The Morgan fingerprint density at radius 1 is 0.347 bits per heavy atom. The van der Waals surface area contributed by atoms with E-state index in [1.807, 2.05) is 0 Å². The Bertz CT molecular complexity index is 2900. The fourth-order valence-corrected chi connectivity index (χ4v) is 8.13. The topological polar surface area (TPSA) is 19.1 Å². The number of aromatic nitrogens is 2. The van der Waals surface area contributed by atoms with E-state index >= 15 is 0 Å². The normalized spacial score (nSPS) is 12.2. The molecule has 11 rings (SSSR count). The molecule has 1 aliphatic rings. The second-order valence-electron chi connectivity index (χ2n) is 12.9. The van der Waals surface area contributed by atoms with Gasteiger partial charge in [-0.15, -0.1) is 0 Å². The van der Waals surface area contributed by atoms with Crippen LogP contribution in [0.4, 0.5) is 0 Å². The molecular weight excluding hydrogens is 597 g/mol. The van der Waals surface area contributed by atoms with Gasteiger partial charge in [-0.2, -0.15) is 0 Å². The summed E-state index contributed by atoms with van der Waals surface area (Å²) in [6.07, 6.45) is 0. The van der Waals surface area contributed by atoms with Crippen molar-refractivity contribution in [3.05, 3.63) is 170 Å². The lowest BCUT2D eigenvalue weighted by Crippen LogP contribution is -1.97. The Balaban J connectivity index is 1.04. The van der Waals surface area contributed by atoms with E-state index in [0.717, 1.165) is 28.4 Å². The minimum atomic E-state index is 0.900. The van der Waals surface area contributed by atoms with Gasteiger partial charge in [-0.1, -0.05) is 97.1 Å². The largest absolute Gasteiger partial charge is 0.456 e. The van der Waals surface area contributed by atoms with Crippen LogP contribution in [0.2, 0.25) is 0 Å². The van der Waals surface area contributed by atoms with Crippen LogP contribution in [-0.2, 0) is 0 Å². The molecule has 10 aromatic rings. The third kappa shape index (κ3) is 3.78. The van der Waals surface area contributed by atoms with Crippen LogP contribution in [-0.4, -0.2) is 9.13 Å². The Hall–Kier alpha value is -6.58. The first-order valence-corrected chi connectivity index (χ1v) is 16.8. The van der Waals surface area contributed by atoms with E-state index in [1.54, 1.807) is 0 Å². The number of hydrogen-bond acceptors (Lipinski definition) is 1. The predicted octanol–water partition coefficient (Wildman–Crippen LogP) is 12.5. The van der Waals surface area contributed by atoms with Crippen LogP contribution in [0.15, 0.2) is 170 Å². The molecule has 0 amide bonds. The Labute approximate surface area is 282 Å². The van der Waals surface area contributed by atoms with Gasteiger partial charge in [-0.25, -0.2) is 0 Å². The van der Waals surface area contributed by atoms with E-state index in [2.05, 4.69) is 179 Å². The molecule has 3 heteroatoms. The Morgan fingerprint density at radius 3 is 1.53 bits per heavy atom. The van der Waals surface area contributed by atoms with Crippen molar-refractivity contribution >= 4 is 54.4 Å². The minimum absolute atomic E-state index is 0.900. The maximum absolute atomic E-state index is 6.39. The summed E-state index contributed by atoms with van der Waals surface area (Å²) in [5.74, 6) is 1.82. The molecule has 0 aliphatic carbocycles. The molecule has 0 radical (unpaired) electrons. The molecule has 0 atom stereocenters. The number of para-hydroxylation sites is 3. The molecule has 3 nitrogen and oxygen atoms in total. The highest BCUT2D eigenvalue weighted by atomic mass is 16.5. The van der Waals surface area contributed by atoms with Crippen LogP contribution in [0.3, 0.4) is 0 Å². The number of rotatable bonds is 3. The van der Waals surface area contributed by atoms with Gasteiger partial charge in [0.2, 0.25) is 0 Å². The van der Waals surface area contributed by atoms with Crippen LogP contribution in [0.1, 0.15) is 0 Å². The lowest BCUT2D eigenvalue weighted by Gasteiger charge is -2.22. The summed E-state index contributed by atoms with van der Waals surface area (Å²) in [6.45, 7) is 0. The first kappa shape index (κ1) is 26.5. The van der Waals surface area contributed by atoms with Gasteiger partial charge in [0.15, 0.2) is 0 Å². The van der Waals surface area contributed by atoms with E-state index in [-0.39, 0.29) is 0 Å². The Kier molecular flexibility index (Phi) is 5.38. The molecule has 0 bridgehead atoms. The summed E-state index contributed by atoms with van der Waals surface area (Å²) < 4.78 is 11.2. The molecule has 0 spiro atoms. The van der Waals surface area contributed by atoms with E-state index in [4.69, 9.17) is 4.74 Å². The minimum Gasteiger partial charge on any atom is -0.456 e. The number of benzene rings is 8. The first-order valence-electron chi connectivity index (χ1n) is 16.8. The molecule has 0 unspecified atom stereocenters. The van der Waals surface area contributed by atoms with E-state index in [9.17, 15) is 0 Å². The summed E-state index contributed by atoms with van der Waals surface area (Å²) in [4.78, 5) is 0. The van der Waals surface area contributed by atoms with Crippen molar-refractivity contribution in [3.63, 3.8) is 0 Å². The molecule has 228 valence electrons. The smallest absolute Gasteiger partial charge is 0.135 e. The van der Waals surface area contributed by atoms with E-state index in [0.29, 0.717) is 0 Å². The van der Waals surface area contributed by atoms with Crippen LogP contribution in [0.5, 0.6) is 11.5 Å². The van der Waals surface area contributed by atoms with E-state index < -0.39 is 0 Å². The molecule has 8 aromatic carbocycles. The quantitative estimate of drug-likeness (QED) is 0.191. The molecule has 3 heterocycles. The maximum Gasteiger partial charge on any atom is 0.135 e. The number of ether oxygens (including phenoxy) is 1. The molecule has 0 saturated carbocycles. The lowest BCUT2D eigenvalue weighted by molar-refractivity contribution is 0.487. The Morgan fingerprint density at radius 2 is 0.878 bits per heavy atom. The zero-order chi connectivity index (χ0) is 32.1. The number of hydrogen-bond donors (Lipinski definition) is 0. The highest BCUT2D eigenvalue weighted by Gasteiger charge is 2.21. The van der Waals surface area contributed by atoms with Gasteiger partial charge in [0.05, 0.1) is 22.1 Å². The third-order valence-corrected chi connectivity index (χ3v) is 10.3. The van der Waals surface area contributed by atoms with Crippen LogP contribution in [0, 0.1) is 0 Å². The summed E-state index contributed by atoms with van der Waals surface area (Å²) >= 11 is 0. The van der Waals surface area contributed by atoms with Crippen molar-refractivity contribution in [1.29, 1.82) is 0 Å². The average molecular weight is 625 g/mol. The average Bonchev–Trinajstić information content (AvgIpc) is 3.68. The molecule has 0 fully saturated rings.